The van der Waals surface area contributed by atoms with Crippen molar-refractivity contribution in [3.05, 3.63) is 53.6 Å². The number of hydrogen-bond acceptors (Lipinski definition) is 2. The van der Waals surface area contributed by atoms with Crippen LogP contribution in [0.1, 0.15) is 31.9 Å². The van der Waals surface area contributed by atoms with Gasteiger partial charge in [-0.1, -0.05) is 51.1 Å². The van der Waals surface area contributed by atoms with E-state index in [1.165, 1.54) is 27.1 Å². The van der Waals surface area contributed by atoms with Crippen LogP contribution in [0.25, 0.3) is 32.3 Å². The molecule has 0 amide bonds. The fraction of sp³-hybridized carbons (Fsp3) is 0.273. The zero-order valence-electron chi connectivity index (χ0n) is 14.6. The standard InChI is InChI=1S/C22H22O2/c1-22(2,3)16-9-13-5-7-17-15(12-23)11-19(24-4)18-8-6-14(10-16)20(13)21(17)18/h5-11,23H,12H2,1-4H3. The summed E-state index contributed by atoms with van der Waals surface area (Å²) in [4.78, 5) is 0. The lowest BCUT2D eigenvalue weighted by Gasteiger charge is -2.22. The van der Waals surface area contributed by atoms with Crippen molar-refractivity contribution in [3.8, 4) is 5.75 Å². The molecule has 0 aliphatic carbocycles. The number of ether oxygens (including phenoxy) is 1. The number of hydrogen-bond donors (Lipinski definition) is 1. The fourth-order valence-electron chi connectivity index (χ4n) is 3.69. The summed E-state index contributed by atoms with van der Waals surface area (Å²) in [5.41, 5.74) is 2.36. The van der Waals surface area contributed by atoms with Gasteiger partial charge in [-0.2, -0.15) is 0 Å². The maximum Gasteiger partial charge on any atom is 0.127 e. The Hall–Kier alpha value is -2.32. The Labute approximate surface area is 142 Å². The van der Waals surface area contributed by atoms with Crippen molar-refractivity contribution < 1.29 is 9.84 Å². The summed E-state index contributed by atoms with van der Waals surface area (Å²) in [5.74, 6) is 0.820. The number of methoxy groups -OCH3 is 1. The molecule has 0 spiro atoms. The molecule has 0 atom stereocenters. The fourth-order valence-corrected chi connectivity index (χ4v) is 3.69. The predicted octanol–water partition coefficient (Wildman–Crippen LogP) is 5.38. The molecule has 2 heteroatoms. The number of aliphatic hydroxyl groups is 1. The van der Waals surface area contributed by atoms with Crippen molar-refractivity contribution in [1.82, 2.24) is 0 Å². The second kappa shape index (κ2) is 5.09. The lowest BCUT2D eigenvalue weighted by molar-refractivity contribution is 0.282. The van der Waals surface area contributed by atoms with Gasteiger partial charge >= 0.3 is 0 Å². The van der Waals surface area contributed by atoms with Crippen LogP contribution in [0.5, 0.6) is 5.75 Å². The molecular formula is C22H22O2. The van der Waals surface area contributed by atoms with E-state index in [0.29, 0.717) is 0 Å². The average Bonchev–Trinajstić information content (AvgIpc) is 2.57. The van der Waals surface area contributed by atoms with E-state index in [-0.39, 0.29) is 12.0 Å². The summed E-state index contributed by atoms with van der Waals surface area (Å²) in [6.07, 6.45) is 0. The highest BCUT2D eigenvalue weighted by atomic mass is 16.5. The van der Waals surface area contributed by atoms with Gasteiger partial charge in [-0.3, -0.25) is 0 Å². The molecule has 24 heavy (non-hydrogen) atoms. The van der Waals surface area contributed by atoms with Crippen LogP contribution in [0.3, 0.4) is 0 Å². The van der Waals surface area contributed by atoms with E-state index in [9.17, 15) is 5.11 Å². The minimum Gasteiger partial charge on any atom is -0.496 e. The van der Waals surface area contributed by atoms with E-state index >= 15 is 0 Å². The lowest BCUT2D eigenvalue weighted by Crippen LogP contribution is -2.10. The Morgan fingerprint density at radius 1 is 0.875 bits per heavy atom. The van der Waals surface area contributed by atoms with Crippen LogP contribution in [0.15, 0.2) is 42.5 Å². The number of rotatable bonds is 2. The van der Waals surface area contributed by atoms with E-state index in [2.05, 4.69) is 57.2 Å². The van der Waals surface area contributed by atoms with Crippen molar-refractivity contribution in [3.63, 3.8) is 0 Å². The molecule has 0 unspecified atom stereocenters. The van der Waals surface area contributed by atoms with Crippen LogP contribution in [0, 0.1) is 0 Å². The first kappa shape index (κ1) is 15.2. The third-order valence-electron chi connectivity index (χ3n) is 5.02. The van der Waals surface area contributed by atoms with Gasteiger partial charge in [0.2, 0.25) is 0 Å². The van der Waals surface area contributed by atoms with Crippen molar-refractivity contribution in [2.24, 2.45) is 0 Å². The smallest absolute Gasteiger partial charge is 0.127 e. The molecule has 122 valence electrons. The molecule has 4 rings (SSSR count). The van der Waals surface area contributed by atoms with Gasteiger partial charge in [-0.05, 0) is 50.2 Å². The van der Waals surface area contributed by atoms with Gasteiger partial charge in [-0.15, -0.1) is 0 Å². The van der Waals surface area contributed by atoms with Crippen LogP contribution in [0.4, 0.5) is 0 Å². The monoisotopic (exact) mass is 318 g/mol. The first-order valence-corrected chi connectivity index (χ1v) is 8.34. The highest BCUT2D eigenvalue weighted by Crippen LogP contribution is 2.41. The molecule has 4 aromatic rings. The van der Waals surface area contributed by atoms with Gasteiger partial charge in [0.05, 0.1) is 13.7 Å². The van der Waals surface area contributed by atoms with Gasteiger partial charge in [-0.25, -0.2) is 0 Å². The summed E-state index contributed by atoms with van der Waals surface area (Å²) in [5, 5.41) is 16.9. The molecule has 0 fully saturated rings. The SMILES string of the molecule is COc1cc(CO)c2ccc3cc(C(C)(C)C)cc4ccc1c2c34. The Kier molecular flexibility index (Phi) is 3.23. The lowest BCUT2D eigenvalue weighted by atomic mass is 9.83. The summed E-state index contributed by atoms with van der Waals surface area (Å²) < 4.78 is 5.58. The van der Waals surface area contributed by atoms with Crippen molar-refractivity contribution in [2.75, 3.05) is 7.11 Å². The van der Waals surface area contributed by atoms with Gasteiger partial charge < -0.3 is 9.84 Å². The minimum atomic E-state index is 0.0117. The maximum atomic E-state index is 9.78. The third-order valence-corrected chi connectivity index (χ3v) is 5.02. The number of benzene rings is 4. The average molecular weight is 318 g/mol. The molecule has 0 saturated carbocycles. The first-order chi connectivity index (χ1) is 11.4. The van der Waals surface area contributed by atoms with Crippen molar-refractivity contribution in [2.45, 2.75) is 32.8 Å². The van der Waals surface area contributed by atoms with Crippen LogP contribution in [-0.4, -0.2) is 12.2 Å². The van der Waals surface area contributed by atoms with E-state index < -0.39 is 0 Å². The highest BCUT2D eigenvalue weighted by molar-refractivity contribution is 6.25. The quantitative estimate of drug-likeness (QED) is 0.503. The summed E-state index contributed by atoms with van der Waals surface area (Å²) in [6.45, 7) is 6.74. The van der Waals surface area contributed by atoms with Crippen LogP contribution < -0.4 is 4.74 Å². The molecule has 0 saturated heterocycles. The van der Waals surface area contributed by atoms with E-state index in [1.54, 1.807) is 7.11 Å². The molecule has 0 radical (unpaired) electrons. The number of aliphatic hydroxyl groups excluding tert-OH is 1. The zero-order chi connectivity index (χ0) is 17.1. The third kappa shape index (κ3) is 2.06. The Balaban J connectivity index is 2.23. The largest absolute Gasteiger partial charge is 0.496 e. The molecule has 0 aliphatic rings. The second-order valence-electron chi connectivity index (χ2n) is 7.54. The molecule has 4 aromatic carbocycles. The second-order valence-corrected chi connectivity index (χ2v) is 7.54. The summed E-state index contributed by atoms with van der Waals surface area (Å²) >= 11 is 0. The topological polar surface area (TPSA) is 29.5 Å². The Morgan fingerprint density at radius 2 is 1.50 bits per heavy atom. The zero-order valence-corrected chi connectivity index (χ0v) is 14.6. The van der Waals surface area contributed by atoms with Gasteiger partial charge in [0, 0.05) is 10.8 Å². The molecule has 1 N–H and O–H groups in total. The predicted molar refractivity (Wildman–Crippen MR) is 101 cm³/mol. The molecule has 0 heterocycles. The van der Waals surface area contributed by atoms with Crippen LogP contribution in [-0.2, 0) is 12.0 Å². The highest BCUT2D eigenvalue weighted by Gasteiger charge is 2.18. The molecule has 0 aliphatic heterocycles. The van der Waals surface area contributed by atoms with Gasteiger partial charge in [0.15, 0.2) is 0 Å². The van der Waals surface area contributed by atoms with Gasteiger partial charge in [0.25, 0.3) is 0 Å². The van der Waals surface area contributed by atoms with Crippen LogP contribution in [0.2, 0.25) is 0 Å². The van der Waals surface area contributed by atoms with Gasteiger partial charge in [0.1, 0.15) is 5.75 Å². The Bertz CT molecular complexity index is 983. The molecular weight excluding hydrogens is 296 g/mol. The maximum absolute atomic E-state index is 9.78. The minimum absolute atomic E-state index is 0.0117. The van der Waals surface area contributed by atoms with E-state index in [0.717, 1.165) is 22.1 Å². The van der Waals surface area contributed by atoms with E-state index in [4.69, 9.17) is 4.74 Å². The summed E-state index contributed by atoms with van der Waals surface area (Å²) in [6, 6.07) is 15.1. The summed E-state index contributed by atoms with van der Waals surface area (Å²) in [7, 11) is 1.69. The molecule has 0 bridgehead atoms. The normalized spacial score (nSPS) is 12.5. The molecule has 0 aromatic heterocycles. The Morgan fingerprint density at radius 3 is 2.04 bits per heavy atom. The van der Waals surface area contributed by atoms with E-state index in [1.807, 2.05) is 6.07 Å². The molecule has 2 nitrogen and oxygen atoms in total. The van der Waals surface area contributed by atoms with Crippen molar-refractivity contribution >= 4 is 32.3 Å². The van der Waals surface area contributed by atoms with Crippen molar-refractivity contribution in [1.29, 1.82) is 0 Å². The van der Waals surface area contributed by atoms with Crippen LogP contribution >= 0.6 is 0 Å². The first-order valence-electron chi connectivity index (χ1n) is 8.34.